The SMILES string of the molecule is Cc1ccsc1/C=C1\SC(=O)N(Cc2ccccc2[N+](=O)[O-])C1=O. The van der Waals surface area contributed by atoms with Crippen molar-refractivity contribution < 1.29 is 14.5 Å². The molecule has 8 heteroatoms. The zero-order chi connectivity index (χ0) is 17.3. The van der Waals surface area contributed by atoms with Crippen molar-refractivity contribution in [3.63, 3.8) is 0 Å². The molecule has 0 bridgehead atoms. The molecule has 0 radical (unpaired) electrons. The van der Waals surface area contributed by atoms with Gasteiger partial charge in [-0.25, -0.2) is 0 Å². The molecule has 2 amide bonds. The number of imide groups is 1. The minimum atomic E-state index is -0.515. The van der Waals surface area contributed by atoms with Crippen molar-refractivity contribution >= 4 is 46.0 Å². The molecule has 1 aliphatic heterocycles. The van der Waals surface area contributed by atoms with Gasteiger partial charge in [-0.3, -0.25) is 24.6 Å². The van der Waals surface area contributed by atoms with Crippen LogP contribution < -0.4 is 0 Å². The van der Waals surface area contributed by atoms with Gasteiger partial charge in [0.2, 0.25) is 0 Å². The Morgan fingerprint density at radius 1 is 1.25 bits per heavy atom. The number of para-hydroxylation sites is 1. The lowest BCUT2D eigenvalue weighted by Gasteiger charge is -2.12. The van der Waals surface area contributed by atoms with E-state index in [2.05, 4.69) is 0 Å². The van der Waals surface area contributed by atoms with E-state index in [9.17, 15) is 19.7 Å². The van der Waals surface area contributed by atoms with Crippen LogP contribution in [0.25, 0.3) is 6.08 Å². The fraction of sp³-hybridized carbons (Fsp3) is 0.125. The minimum Gasteiger partial charge on any atom is -0.268 e. The van der Waals surface area contributed by atoms with E-state index in [0.717, 1.165) is 27.1 Å². The number of thiophene rings is 1. The van der Waals surface area contributed by atoms with Crippen LogP contribution in [0.3, 0.4) is 0 Å². The van der Waals surface area contributed by atoms with Gasteiger partial charge in [0, 0.05) is 16.5 Å². The van der Waals surface area contributed by atoms with Gasteiger partial charge in [0.1, 0.15) is 0 Å². The molecule has 0 aliphatic carbocycles. The summed E-state index contributed by atoms with van der Waals surface area (Å²) in [7, 11) is 0. The molecule has 1 aliphatic rings. The highest BCUT2D eigenvalue weighted by Gasteiger charge is 2.36. The summed E-state index contributed by atoms with van der Waals surface area (Å²) in [5, 5.41) is 12.6. The molecule has 0 N–H and O–H groups in total. The van der Waals surface area contributed by atoms with E-state index in [4.69, 9.17) is 0 Å². The minimum absolute atomic E-state index is 0.102. The van der Waals surface area contributed by atoms with Crippen molar-refractivity contribution in [2.75, 3.05) is 0 Å². The third-order valence-electron chi connectivity index (χ3n) is 3.55. The molecule has 2 heterocycles. The Morgan fingerprint density at radius 2 is 2.00 bits per heavy atom. The van der Waals surface area contributed by atoms with E-state index >= 15 is 0 Å². The molecular weight excluding hydrogens is 348 g/mol. The summed E-state index contributed by atoms with van der Waals surface area (Å²) in [6.45, 7) is 1.82. The lowest BCUT2D eigenvalue weighted by Crippen LogP contribution is -2.27. The summed E-state index contributed by atoms with van der Waals surface area (Å²) in [4.78, 5) is 37.5. The largest absolute Gasteiger partial charge is 0.293 e. The average molecular weight is 360 g/mol. The first-order chi connectivity index (χ1) is 11.5. The Morgan fingerprint density at radius 3 is 2.67 bits per heavy atom. The number of aryl methyl sites for hydroxylation is 1. The second kappa shape index (κ2) is 6.58. The van der Waals surface area contributed by atoms with Gasteiger partial charge in [-0.15, -0.1) is 11.3 Å². The fourth-order valence-electron chi connectivity index (χ4n) is 2.28. The Hall–Kier alpha value is -2.45. The number of carbonyl (C=O) groups excluding carboxylic acids is 2. The van der Waals surface area contributed by atoms with Gasteiger partial charge in [-0.05, 0) is 41.8 Å². The number of carbonyl (C=O) groups is 2. The van der Waals surface area contributed by atoms with E-state index in [1.807, 2.05) is 18.4 Å². The molecule has 0 saturated carbocycles. The number of amides is 2. The summed E-state index contributed by atoms with van der Waals surface area (Å²) in [6.07, 6.45) is 1.70. The van der Waals surface area contributed by atoms with Gasteiger partial charge in [0.25, 0.3) is 16.8 Å². The third kappa shape index (κ3) is 3.10. The summed E-state index contributed by atoms with van der Waals surface area (Å²) in [5.41, 5.74) is 1.26. The first-order valence-electron chi connectivity index (χ1n) is 6.99. The quantitative estimate of drug-likeness (QED) is 0.464. The molecule has 1 fully saturated rings. The number of hydrogen-bond donors (Lipinski definition) is 0. The molecule has 0 atom stereocenters. The first kappa shape index (κ1) is 16.4. The monoisotopic (exact) mass is 360 g/mol. The van der Waals surface area contributed by atoms with Crippen molar-refractivity contribution in [3.05, 3.63) is 66.7 Å². The van der Waals surface area contributed by atoms with Gasteiger partial charge >= 0.3 is 0 Å². The summed E-state index contributed by atoms with van der Waals surface area (Å²) in [6, 6.07) is 8.04. The van der Waals surface area contributed by atoms with E-state index in [0.29, 0.717) is 10.5 Å². The lowest BCUT2D eigenvalue weighted by molar-refractivity contribution is -0.385. The number of nitrogens with zero attached hydrogens (tertiary/aromatic N) is 2. The standard InChI is InChI=1S/C16H12N2O4S2/c1-10-6-7-23-13(10)8-14-15(19)17(16(20)24-14)9-11-4-2-3-5-12(11)18(21)22/h2-8H,9H2,1H3/b14-8-. The molecule has 122 valence electrons. The summed E-state index contributed by atoms with van der Waals surface area (Å²) < 4.78 is 0. The van der Waals surface area contributed by atoms with Crippen molar-refractivity contribution in [1.29, 1.82) is 0 Å². The van der Waals surface area contributed by atoms with Gasteiger partial charge in [0.15, 0.2) is 0 Å². The zero-order valence-electron chi connectivity index (χ0n) is 12.6. The third-order valence-corrected chi connectivity index (χ3v) is 5.43. The topological polar surface area (TPSA) is 80.5 Å². The van der Waals surface area contributed by atoms with Crippen LogP contribution in [0.2, 0.25) is 0 Å². The highest BCUT2D eigenvalue weighted by atomic mass is 32.2. The van der Waals surface area contributed by atoms with E-state index in [1.54, 1.807) is 24.3 Å². The van der Waals surface area contributed by atoms with Crippen molar-refractivity contribution in [1.82, 2.24) is 4.90 Å². The second-order valence-corrected chi connectivity index (χ2v) is 7.06. The van der Waals surface area contributed by atoms with Gasteiger partial charge in [0.05, 0.1) is 16.4 Å². The Kier molecular flexibility index (Phi) is 4.50. The highest BCUT2D eigenvalue weighted by molar-refractivity contribution is 8.18. The molecule has 6 nitrogen and oxygen atoms in total. The second-order valence-electron chi connectivity index (χ2n) is 5.12. The predicted octanol–water partition coefficient (Wildman–Crippen LogP) is 4.20. The Balaban J connectivity index is 1.87. The van der Waals surface area contributed by atoms with Crippen molar-refractivity contribution in [3.8, 4) is 0 Å². The maximum atomic E-state index is 12.5. The van der Waals surface area contributed by atoms with E-state index in [-0.39, 0.29) is 12.2 Å². The number of benzene rings is 1. The van der Waals surface area contributed by atoms with Crippen LogP contribution >= 0.6 is 23.1 Å². The van der Waals surface area contributed by atoms with Gasteiger partial charge < -0.3 is 0 Å². The molecule has 1 saturated heterocycles. The van der Waals surface area contributed by atoms with E-state index in [1.165, 1.54) is 17.4 Å². The number of thioether (sulfide) groups is 1. The van der Waals surface area contributed by atoms with Crippen LogP contribution in [-0.4, -0.2) is 21.0 Å². The maximum absolute atomic E-state index is 12.5. The lowest BCUT2D eigenvalue weighted by atomic mass is 10.1. The molecule has 3 rings (SSSR count). The van der Waals surface area contributed by atoms with Crippen LogP contribution in [0.1, 0.15) is 16.0 Å². The number of rotatable bonds is 4. The molecule has 2 aromatic rings. The predicted molar refractivity (Wildman–Crippen MR) is 93.7 cm³/mol. The molecular formula is C16H12N2O4S2. The number of nitro groups is 1. The maximum Gasteiger partial charge on any atom is 0.293 e. The smallest absolute Gasteiger partial charge is 0.268 e. The Labute approximate surface area is 145 Å². The highest BCUT2D eigenvalue weighted by Crippen LogP contribution is 2.35. The van der Waals surface area contributed by atoms with Crippen LogP contribution in [0.4, 0.5) is 10.5 Å². The number of hydrogen-bond acceptors (Lipinski definition) is 6. The van der Waals surface area contributed by atoms with Crippen molar-refractivity contribution in [2.24, 2.45) is 0 Å². The zero-order valence-corrected chi connectivity index (χ0v) is 14.2. The fourth-order valence-corrected chi connectivity index (χ4v) is 4.03. The van der Waals surface area contributed by atoms with Crippen LogP contribution in [0.15, 0.2) is 40.6 Å². The van der Waals surface area contributed by atoms with E-state index < -0.39 is 16.1 Å². The van der Waals surface area contributed by atoms with Crippen LogP contribution in [-0.2, 0) is 11.3 Å². The van der Waals surface area contributed by atoms with Crippen LogP contribution in [0.5, 0.6) is 0 Å². The molecule has 1 aromatic carbocycles. The van der Waals surface area contributed by atoms with Crippen LogP contribution in [0, 0.1) is 17.0 Å². The van der Waals surface area contributed by atoms with Gasteiger partial charge in [-0.1, -0.05) is 18.2 Å². The molecule has 0 unspecified atom stereocenters. The summed E-state index contributed by atoms with van der Waals surface area (Å²) in [5.74, 6) is -0.420. The Bertz CT molecular complexity index is 872. The van der Waals surface area contributed by atoms with Crippen molar-refractivity contribution in [2.45, 2.75) is 13.5 Å². The van der Waals surface area contributed by atoms with Gasteiger partial charge in [-0.2, -0.15) is 0 Å². The molecule has 0 spiro atoms. The average Bonchev–Trinajstić information content (AvgIpc) is 3.06. The molecule has 1 aromatic heterocycles. The number of nitro benzene ring substituents is 1. The molecule has 24 heavy (non-hydrogen) atoms. The normalized spacial score (nSPS) is 16.2. The summed E-state index contributed by atoms with van der Waals surface area (Å²) >= 11 is 2.35. The first-order valence-corrected chi connectivity index (χ1v) is 8.68.